The van der Waals surface area contributed by atoms with Gasteiger partial charge in [0.1, 0.15) is 0 Å². The number of para-hydroxylation sites is 1. The van der Waals surface area contributed by atoms with Gasteiger partial charge in [-0.05, 0) is 50.7 Å². The lowest BCUT2D eigenvalue weighted by atomic mass is 10.1. The van der Waals surface area contributed by atoms with Crippen molar-refractivity contribution in [2.24, 2.45) is 0 Å². The lowest BCUT2D eigenvalue weighted by molar-refractivity contribution is 0.0261. The molecule has 1 unspecified atom stereocenters. The van der Waals surface area contributed by atoms with E-state index in [1.54, 1.807) is 11.8 Å². The maximum atomic E-state index is 12.8. The summed E-state index contributed by atoms with van der Waals surface area (Å²) in [5, 5.41) is 3.08. The molecule has 2 aliphatic rings. The second kappa shape index (κ2) is 9.46. The smallest absolute Gasteiger partial charge is 0.321 e. The lowest BCUT2D eigenvalue weighted by Gasteiger charge is -2.31. The predicted molar refractivity (Wildman–Crippen MR) is 103 cm³/mol. The Balaban J connectivity index is 1.58. The Morgan fingerprint density at radius 3 is 2.80 bits per heavy atom. The van der Waals surface area contributed by atoms with Gasteiger partial charge in [-0.1, -0.05) is 18.6 Å². The molecule has 2 saturated heterocycles. The quantitative estimate of drug-likeness (QED) is 0.832. The number of nitrogens with one attached hydrogen (secondary N) is 1. The molecule has 1 aromatic carbocycles. The van der Waals surface area contributed by atoms with E-state index >= 15 is 0 Å². The molecule has 6 heteroatoms. The number of ether oxygens (including phenoxy) is 1. The highest BCUT2D eigenvalue weighted by atomic mass is 32.2. The first-order valence-electron chi connectivity index (χ1n) is 9.29. The van der Waals surface area contributed by atoms with E-state index in [1.807, 2.05) is 35.4 Å². The first kappa shape index (κ1) is 18.5. The molecule has 0 bridgehead atoms. The third-order valence-corrected chi connectivity index (χ3v) is 5.69. The summed E-state index contributed by atoms with van der Waals surface area (Å²) in [4.78, 5) is 18.3. The molecule has 2 heterocycles. The van der Waals surface area contributed by atoms with Gasteiger partial charge in [-0.3, -0.25) is 0 Å². The van der Waals surface area contributed by atoms with Crippen LogP contribution in [0, 0.1) is 0 Å². The van der Waals surface area contributed by atoms with Crippen molar-refractivity contribution in [1.29, 1.82) is 0 Å². The van der Waals surface area contributed by atoms with Crippen molar-refractivity contribution in [3.63, 3.8) is 0 Å². The fourth-order valence-corrected chi connectivity index (χ4v) is 4.12. The number of amides is 2. The van der Waals surface area contributed by atoms with E-state index in [1.165, 1.54) is 19.3 Å². The van der Waals surface area contributed by atoms with Crippen LogP contribution in [0.25, 0.3) is 0 Å². The van der Waals surface area contributed by atoms with Gasteiger partial charge in [0, 0.05) is 31.1 Å². The number of urea groups is 1. The highest BCUT2D eigenvalue weighted by Gasteiger charge is 2.25. The second-order valence-electron chi connectivity index (χ2n) is 6.78. The predicted octanol–water partition coefficient (Wildman–Crippen LogP) is 3.52. The molecule has 2 aliphatic heterocycles. The highest BCUT2D eigenvalue weighted by Crippen LogP contribution is 2.25. The van der Waals surface area contributed by atoms with E-state index in [-0.39, 0.29) is 12.1 Å². The molecule has 0 spiro atoms. The van der Waals surface area contributed by atoms with Crippen molar-refractivity contribution in [2.45, 2.75) is 36.7 Å². The first-order chi connectivity index (χ1) is 12.3. The molecule has 25 heavy (non-hydrogen) atoms. The zero-order valence-corrected chi connectivity index (χ0v) is 15.9. The fraction of sp³-hybridized carbons (Fsp3) is 0.632. The number of thioether (sulfide) groups is 1. The lowest BCUT2D eigenvalue weighted by Crippen LogP contribution is -2.45. The number of hydrogen-bond acceptors (Lipinski definition) is 4. The maximum Gasteiger partial charge on any atom is 0.321 e. The molecule has 0 saturated carbocycles. The molecule has 0 aromatic heterocycles. The Kier molecular flexibility index (Phi) is 7.02. The van der Waals surface area contributed by atoms with Crippen molar-refractivity contribution in [3.8, 4) is 0 Å². The van der Waals surface area contributed by atoms with Gasteiger partial charge in [-0.2, -0.15) is 0 Å². The summed E-state index contributed by atoms with van der Waals surface area (Å²) < 4.78 is 6.01. The molecule has 3 rings (SSSR count). The molecule has 0 aliphatic carbocycles. The normalized spacial score (nSPS) is 22.4. The van der Waals surface area contributed by atoms with Crippen LogP contribution in [-0.4, -0.2) is 67.5 Å². The van der Waals surface area contributed by atoms with Crippen LogP contribution in [0.2, 0.25) is 0 Å². The minimum atomic E-state index is -0.0179. The van der Waals surface area contributed by atoms with Crippen LogP contribution < -0.4 is 5.32 Å². The number of carbonyl (C=O) groups excluding carboxylic acids is 1. The Hall–Kier alpha value is -1.24. The van der Waals surface area contributed by atoms with Crippen LogP contribution >= 0.6 is 11.8 Å². The minimum Gasteiger partial charge on any atom is -0.375 e. The van der Waals surface area contributed by atoms with Crippen LogP contribution in [0.4, 0.5) is 10.5 Å². The van der Waals surface area contributed by atoms with Gasteiger partial charge in [0.15, 0.2) is 0 Å². The molecule has 1 aromatic rings. The number of likely N-dealkylation sites (tertiary alicyclic amines) is 1. The number of rotatable bonds is 4. The second-order valence-corrected chi connectivity index (χ2v) is 7.63. The van der Waals surface area contributed by atoms with Crippen LogP contribution in [0.5, 0.6) is 0 Å². The summed E-state index contributed by atoms with van der Waals surface area (Å²) in [5.41, 5.74) is 0.887. The van der Waals surface area contributed by atoms with Gasteiger partial charge >= 0.3 is 6.03 Å². The number of piperidine rings is 1. The van der Waals surface area contributed by atoms with E-state index in [0.29, 0.717) is 6.54 Å². The van der Waals surface area contributed by atoms with E-state index < -0.39 is 0 Å². The first-order valence-corrected chi connectivity index (χ1v) is 10.5. The molecule has 138 valence electrons. The summed E-state index contributed by atoms with van der Waals surface area (Å²) in [6.45, 7) is 5.42. The van der Waals surface area contributed by atoms with Gasteiger partial charge in [0.2, 0.25) is 0 Å². The molecule has 2 fully saturated rings. The van der Waals surface area contributed by atoms with E-state index in [2.05, 4.69) is 10.2 Å². The van der Waals surface area contributed by atoms with Gasteiger partial charge in [0.25, 0.3) is 0 Å². The molecular formula is C19H29N3O2S. The van der Waals surface area contributed by atoms with Crippen LogP contribution in [0.3, 0.4) is 0 Å². The highest BCUT2D eigenvalue weighted by molar-refractivity contribution is 7.98. The summed E-state index contributed by atoms with van der Waals surface area (Å²) in [6, 6.07) is 7.93. The van der Waals surface area contributed by atoms with Gasteiger partial charge in [-0.25, -0.2) is 4.79 Å². The average Bonchev–Trinajstić information content (AvgIpc) is 2.89. The van der Waals surface area contributed by atoms with Crippen LogP contribution in [-0.2, 0) is 4.74 Å². The average molecular weight is 364 g/mol. The molecule has 1 atom stereocenters. The molecule has 0 radical (unpaired) electrons. The summed E-state index contributed by atoms with van der Waals surface area (Å²) in [6.07, 6.45) is 6.94. The van der Waals surface area contributed by atoms with Gasteiger partial charge < -0.3 is 19.9 Å². The molecular weight excluding hydrogens is 334 g/mol. The monoisotopic (exact) mass is 363 g/mol. The fourth-order valence-electron chi connectivity index (χ4n) is 3.56. The third kappa shape index (κ3) is 5.36. The van der Waals surface area contributed by atoms with Crippen molar-refractivity contribution in [1.82, 2.24) is 9.80 Å². The number of carbonyl (C=O) groups is 1. The number of benzene rings is 1. The molecule has 1 N–H and O–H groups in total. The van der Waals surface area contributed by atoms with E-state index in [9.17, 15) is 4.79 Å². The van der Waals surface area contributed by atoms with Crippen molar-refractivity contribution >= 4 is 23.5 Å². The maximum absolute atomic E-state index is 12.8. The Morgan fingerprint density at radius 1 is 1.20 bits per heavy atom. The Labute approximate surface area is 155 Å². The van der Waals surface area contributed by atoms with Crippen molar-refractivity contribution in [3.05, 3.63) is 24.3 Å². The van der Waals surface area contributed by atoms with Crippen LogP contribution in [0.15, 0.2) is 29.2 Å². The minimum absolute atomic E-state index is 0.0179. The number of hydrogen-bond donors (Lipinski definition) is 1. The Bertz CT molecular complexity index is 563. The zero-order valence-electron chi connectivity index (χ0n) is 15.1. The molecule has 5 nitrogen and oxygen atoms in total. The summed E-state index contributed by atoms with van der Waals surface area (Å²) in [5.74, 6) is 0. The third-order valence-electron chi connectivity index (χ3n) is 4.90. The van der Waals surface area contributed by atoms with E-state index in [0.717, 1.165) is 49.8 Å². The standard InChI is InChI=1S/C19H29N3O2S/c1-25-18-9-4-3-8-17(18)20-19(23)22-12-7-13-24-16(15-22)14-21-10-5-2-6-11-21/h3-4,8-9,16H,2,5-7,10-15H2,1H3,(H,20,23). The largest absolute Gasteiger partial charge is 0.375 e. The SMILES string of the molecule is CSc1ccccc1NC(=O)N1CCCOC(CN2CCCCC2)C1. The number of anilines is 1. The van der Waals surface area contributed by atoms with Gasteiger partial charge in [-0.15, -0.1) is 11.8 Å². The Morgan fingerprint density at radius 2 is 2.00 bits per heavy atom. The van der Waals surface area contributed by atoms with Crippen molar-refractivity contribution < 1.29 is 9.53 Å². The van der Waals surface area contributed by atoms with Crippen molar-refractivity contribution in [2.75, 3.05) is 50.9 Å². The van der Waals surface area contributed by atoms with Crippen LogP contribution in [0.1, 0.15) is 25.7 Å². The number of nitrogens with zero attached hydrogens (tertiary/aromatic N) is 2. The molecule has 2 amide bonds. The zero-order chi connectivity index (χ0) is 17.5. The summed E-state index contributed by atoms with van der Waals surface area (Å²) >= 11 is 1.65. The summed E-state index contributed by atoms with van der Waals surface area (Å²) in [7, 11) is 0. The van der Waals surface area contributed by atoms with E-state index in [4.69, 9.17) is 4.74 Å². The van der Waals surface area contributed by atoms with Gasteiger partial charge in [0.05, 0.1) is 11.8 Å². The topological polar surface area (TPSA) is 44.8 Å².